The van der Waals surface area contributed by atoms with Crippen LogP contribution in [0.25, 0.3) is 0 Å². The zero-order valence-electron chi connectivity index (χ0n) is 10.3. The number of aliphatic hydroxyl groups is 1. The van der Waals surface area contributed by atoms with Crippen molar-refractivity contribution < 1.29 is 22.3 Å². The zero-order chi connectivity index (χ0) is 14.0. The van der Waals surface area contributed by atoms with Crippen LogP contribution in [-0.4, -0.2) is 24.9 Å². The Morgan fingerprint density at radius 3 is 2.17 bits per heavy atom. The van der Waals surface area contributed by atoms with Gasteiger partial charge in [0.15, 0.2) is 9.84 Å². The molecule has 0 spiro atoms. The van der Waals surface area contributed by atoms with Crippen molar-refractivity contribution in [3.8, 4) is 0 Å². The third-order valence-corrected chi connectivity index (χ3v) is 4.01. The Balaban J connectivity index is 2.84. The summed E-state index contributed by atoms with van der Waals surface area (Å²) in [5.74, 6) is -2.75. The lowest BCUT2D eigenvalue weighted by molar-refractivity contribution is 0.0772. The van der Waals surface area contributed by atoms with E-state index in [1.807, 2.05) is 0 Å². The average Bonchev–Trinajstić information content (AvgIpc) is 2.20. The Morgan fingerprint density at radius 1 is 1.22 bits per heavy atom. The van der Waals surface area contributed by atoms with Crippen molar-refractivity contribution in [2.24, 2.45) is 0 Å². The minimum absolute atomic E-state index is 0.0193. The Bertz CT molecular complexity index is 498. The maximum atomic E-state index is 13.3. The molecule has 0 aliphatic rings. The summed E-state index contributed by atoms with van der Waals surface area (Å²) in [6, 6.07) is 3.21. The molecule has 1 aromatic carbocycles. The third kappa shape index (κ3) is 4.70. The Kier molecular flexibility index (Phi) is 4.45. The molecule has 0 aromatic heterocycles. The molecule has 18 heavy (non-hydrogen) atoms. The van der Waals surface area contributed by atoms with E-state index < -0.39 is 38.4 Å². The van der Waals surface area contributed by atoms with Crippen LogP contribution >= 0.6 is 0 Å². The lowest BCUT2D eigenvalue weighted by Crippen LogP contribution is -2.24. The molecule has 0 radical (unpaired) electrons. The van der Waals surface area contributed by atoms with Gasteiger partial charge >= 0.3 is 0 Å². The second kappa shape index (κ2) is 5.32. The molecule has 0 unspecified atom stereocenters. The maximum absolute atomic E-state index is 13.3. The molecule has 0 heterocycles. The molecule has 0 saturated carbocycles. The minimum atomic E-state index is -3.65. The van der Waals surface area contributed by atoms with Gasteiger partial charge in [0.05, 0.1) is 17.1 Å². The fourth-order valence-corrected chi connectivity index (χ4v) is 3.04. The predicted octanol–water partition coefficient (Wildman–Crippen LogP) is 2.04. The summed E-state index contributed by atoms with van der Waals surface area (Å²) in [6.45, 7) is 2.96. The summed E-state index contributed by atoms with van der Waals surface area (Å²) >= 11 is 0. The highest BCUT2D eigenvalue weighted by Gasteiger charge is 2.22. The van der Waals surface area contributed by atoms with Crippen LogP contribution in [0.15, 0.2) is 18.2 Å². The van der Waals surface area contributed by atoms with Crippen molar-refractivity contribution >= 4 is 9.84 Å². The van der Waals surface area contributed by atoms with Crippen LogP contribution in [0, 0.1) is 11.6 Å². The van der Waals surface area contributed by atoms with E-state index in [0.29, 0.717) is 0 Å². The summed E-state index contributed by atoms with van der Waals surface area (Å²) in [6.07, 6.45) is 0.0193. The minimum Gasteiger partial charge on any atom is -0.390 e. The summed E-state index contributed by atoms with van der Waals surface area (Å²) in [4.78, 5) is 0. The third-order valence-electron chi connectivity index (χ3n) is 2.45. The highest BCUT2D eigenvalue weighted by molar-refractivity contribution is 7.90. The van der Waals surface area contributed by atoms with E-state index in [1.54, 1.807) is 0 Å². The van der Waals surface area contributed by atoms with Crippen LogP contribution in [-0.2, 0) is 15.6 Å². The lowest BCUT2D eigenvalue weighted by Gasteiger charge is -2.16. The van der Waals surface area contributed by atoms with E-state index in [0.717, 1.165) is 12.1 Å². The zero-order valence-corrected chi connectivity index (χ0v) is 11.1. The van der Waals surface area contributed by atoms with E-state index in [2.05, 4.69) is 0 Å². The molecule has 0 amide bonds. The second-order valence-corrected chi connectivity index (χ2v) is 7.04. The van der Waals surface area contributed by atoms with Crippen LogP contribution in [0.1, 0.15) is 25.8 Å². The van der Waals surface area contributed by atoms with E-state index in [1.165, 1.54) is 19.9 Å². The number of rotatable bonds is 5. The van der Waals surface area contributed by atoms with E-state index in [4.69, 9.17) is 0 Å². The van der Waals surface area contributed by atoms with Gasteiger partial charge in [-0.15, -0.1) is 0 Å². The summed E-state index contributed by atoms with van der Waals surface area (Å²) in [5.41, 5.74) is -1.57. The number of halogens is 2. The molecule has 0 aliphatic heterocycles. The Hall–Kier alpha value is -1.01. The molecule has 0 bridgehead atoms. The van der Waals surface area contributed by atoms with Crippen molar-refractivity contribution in [3.63, 3.8) is 0 Å². The molecule has 1 N–H and O–H groups in total. The molecule has 6 heteroatoms. The van der Waals surface area contributed by atoms with Crippen molar-refractivity contribution in [2.45, 2.75) is 31.6 Å². The van der Waals surface area contributed by atoms with Crippen molar-refractivity contribution in [1.82, 2.24) is 0 Å². The van der Waals surface area contributed by atoms with Crippen molar-refractivity contribution in [1.29, 1.82) is 0 Å². The van der Waals surface area contributed by atoms with Gasteiger partial charge in [0.25, 0.3) is 0 Å². The fourth-order valence-electron chi connectivity index (χ4n) is 1.37. The standard InChI is InChI=1S/C12H16F2O3S/c1-12(2,15)6-7-18(16,17)8-9-10(13)4-3-5-11(9)14/h3-5,15H,6-8H2,1-2H3. The number of hydrogen-bond acceptors (Lipinski definition) is 3. The lowest BCUT2D eigenvalue weighted by atomic mass is 10.1. The first-order valence-corrected chi connectivity index (χ1v) is 7.28. The largest absolute Gasteiger partial charge is 0.390 e. The molecule has 102 valence electrons. The molecule has 0 saturated heterocycles. The van der Waals surface area contributed by atoms with E-state index in [9.17, 15) is 22.3 Å². The van der Waals surface area contributed by atoms with Gasteiger partial charge in [0.1, 0.15) is 11.6 Å². The van der Waals surface area contributed by atoms with Gasteiger partial charge < -0.3 is 5.11 Å². The van der Waals surface area contributed by atoms with Gasteiger partial charge in [0, 0.05) is 5.56 Å². The average molecular weight is 278 g/mol. The molecule has 3 nitrogen and oxygen atoms in total. The van der Waals surface area contributed by atoms with Crippen LogP contribution in [0.5, 0.6) is 0 Å². The van der Waals surface area contributed by atoms with Crippen LogP contribution in [0.3, 0.4) is 0 Å². The van der Waals surface area contributed by atoms with Gasteiger partial charge in [-0.3, -0.25) is 0 Å². The van der Waals surface area contributed by atoms with Crippen LogP contribution < -0.4 is 0 Å². The highest BCUT2D eigenvalue weighted by atomic mass is 32.2. The van der Waals surface area contributed by atoms with E-state index in [-0.39, 0.29) is 12.2 Å². The predicted molar refractivity (Wildman–Crippen MR) is 64.8 cm³/mol. The first-order chi connectivity index (χ1) is 8.11. The van der Waals surface area contributed by atoms with Gasteiger partial charge in [0.2, 0.25) is 0 Å². The summed E-state index contributed by atoms with van der Waals surface area (Å²) < 4.78 is 50.0. The quantitative estimate of drug-likeness (QED) is 0.896. The molecule has 0 aliphatic carbocycles. The SMILES string of the molecule is CC(C)(O)CCS(=O)(=O)Cc1c(F)cccc1F. The topological polar surface area (TPSA) is 54.4 Å². The van der Waals surface area contributed by atoms with Gasteiger partial charge in [-0.25, -0.2) is 17.2 Å². The van der Waals surface area contributed by atoms with Crippen LogP contribution in [0.2, 0.25) is 0 Å². The second-order valence-electron chi connectivity index (χ2n) is 4.85. The smallest absolute Gasteiger partial charge is 0.154 e. The number of benzene rings is 1. The highest BCUT2D eigenvalue weighted by Crippen LogP contribution is 2.18. The monoisotopic (exact) mass is 278 g/mol. The molecule has 1 aromatic rings. The van der Waals surface area contributed by atoms with Gasteiger partial charge in [-0.1, -0.05) is 6.07 Å². The molecular weight excluding hydrogens is 262 g/mol. The number of sulfone groups is 1. The molecule has 0 atom stereocenters. The first kappa shape index (κ1) is 15.0. The van der Waals surface area contributed by atoms with Gasteiger partial charge in [-0.2, -0.15) is 0 Å². The normalized spacial score (nSPS) is 12.7. The van der Waals surface area contributed by atoms with Crippen molar-refractivity contribution in [2.75, 3.05) is 5.75 Å². The van der Waals surface area contributed by atoms with Gasteiger partial charge in [-0.05, 0) is 32.4 Å². The molecular formula is C12H16F2O3S. The molecule has 0 fully saturated rings. The maximum Gasteiger partial charge on any atom is 0.154 e. The molecule has 1 rings (SSSR count). The summed E-state index contributed by atoms with van der Waals surface area (Å²) in [7, 11) is -3.65. The van der Waals surface area contributed by atoms with Crippen molar-refractivity contribution in [3.05, 3.63) is 35.4 Å². The van der Waals surface area contributed by atoms with Crippen LogP contribution in [0.4, 0.5) is 8.78 Å². The Labute approximate surface area is 105 Å². The Morgan fingerprint density at radius 2 is 1.72 bits per heavy atom. The van der Waals surface area contributed by atoms with E-state index >= 15 is 0 Å². The first-order valence-electron chi connectivity index (χ1n) is 5.46. The number of hydrogen-bond donors (Lipinski definition) is 1. The summed E-state index contributed by atoms with van der Waals surface area (Å²) in [5, 5.41) is 9.44. The fraction of sp³-hybridized carbons (Fsp3) is 0.500.